The van der Waals surface area contributed by atoms with Crippen molar-refractivity contribution in [3.05, 3.63) is 47.8 Å². The van der Waals surface area contributed by atoms with Gasteiger partial charge in [0.25, 0.3) is 0 Å². The van der Waals surface area contributed by atoms with Gasteiger partial charge in [0.1, 0.15) is 11.3 Å². The van der Waals surface area contributed by atoms with Gasteiger partial charge in [0.15, 0.2) is 0 Å². The Morgan fingerprint density at radius 2 is 2.04 bits per heavy atom. The first-order valence-electron chi connectivity index (χ1n) is 8.94. The molecule has 2 aromatic rings. The summed E-state index contributed by atoms with van der Waals surface area (Å²) in [4.78, 5) is 13.7. The Bertz CT molecular complexity index is 781. The summed E-state index contributed by atoms with van der Waals surface area (Å²) in [6.07, 6.45) is 2.53. The molecule has 26 heavy (non-hydrogen) atoms. The molecule has 1 atom stereocenters. The number of hydrogen-bond acceptors (Lipinski definition) is 5. The normalized spacial score (nSPS) is 21.0. The number of carbonyl (C=O) groups is 1. The van der Waals surface area contributed by atoms with Crippen LogP contribution in [-0.4, -0.2) is 47.6 Å². The summed E-state index contributed by atoms with van der Waals surface area (Å²) >= 11 is 0. The molecule has 0 radical (unpaired) electrons. The fraction of sp³-hybridized carbons (Fsp3) is 0.474. The SMILES string of the molecule is CCOC(=O)N1CCC2(CC1)OC(OC)c1c2cnn1-c1ccccc1. The van der Waals surface area contributed by atoms with Crippen LogP contribution >= 0.6 is 0 Å². The Balaban J connectivity index is 1.63. The maximum absolute atomic E-state index is 12.0. The van der Waals surface area contributed by atoms with Crippen LogP contribution in [0.4, 0.5) is 4.79 Å². The first-order chi connectivity index (χ1) is 12.7. The number of aromatic nitrogens is 2. The van der Waals surface area contributed by atoms with Crippen molar-refractivity contribution in [3.8, 4) is 5.69 Å². The third kappa shape index (κ3) is 2.68. The van der Waals surface area contributed by atoms with Crippen LogP contribution in [0.3, 0.4) is 0 Å². The van der Waals surface area contributed by atoms with E-state index >= 15 is 0 Å². The van der Waals surface area contributed by atoms with Gasteiger partial charge in [0.05, 0.1) is 18.5 Å². The summed E-state index contributed by atoms with van der Waals surface area (Å²) < 4.78 is 18.9. The molecule has 0 aliphatic carbocycles. The highest BCUT2D eigenvalue weighted by Crippen LogP contribution is 2.50. The third-order valence-corrected chi connectivity index (χ3v) is 5.17. The quantitative estimate of drug-likeness (QED) is 0.845. The second-order valence-electron chi connectivity index (χ2n) is 6.56. The van der Waals surface area contributed by atoms with Crippen LogP contribution in [0, 0.1) is 0 Å². The molecule has 1 unspecified atom stereocenters. The molecule has 0 saturated carbocycles. The zero-order chi connectivity index (χ0) is 18.1. The van der Waals surface area contributed by atoms with Gasteiger partial charge in [-0.1, -0.05) is 18.2 Å². The van der Waals surface area contributed by atoms with Crippen molar-refractivity contribution >= 4 is 6.09 Å². The molecule has 2 aliphatic rings. The predicted octanol–water partition coefficient (Wildman–Crippen LogP) is 3.00. The molecule has 7 nitrogen and oxygen atoms in total. The van der Waals surface area contributed by atoms with Crippen molar-refractivity contribution in [2.45, 2.75) is 31.7 Å². The highest BCUT2D eigenvalue weighted by molar-refractivity contribution is 5.67. The molecule has 0 N–H and O–H groups in total. The maximum Gasteiger partial charge on any atom is 0.409 e. The van der Waals surface area contributed by atoms with Gasteiger partial charge in [-0.05, 0) is 31.9 Å². The molecule has 1 fully saturated rings. The van der Waals surface area contributed by atoms with E-state index in [0.29, 0.717) is 32.5 Å². The van der Waals surface area contributed by atoms with Crippen molar-refractivity contribution in [2.75, 3.05) is 26.8 Å². The third-order valence-electron chi connectivity index (χ3n) is 5.17. The number of rotatable bonds is 3. The van der Waals surface area contributed by atoms with Crippen molar-refractivity contribution in [1.82, 2.24) is 14.7 Å². The monoisotopic (exact) mass is 357 g/mol. The number of hydrogen-bond donors (Lipinski definition) is 0. The number of piperidine rings is 1. The molecule has 1 aromatic carbocycles. The zero-order valence-corrected chi connectivity index (χ0v) is 15.1. The maximum atomic E-state index is 12.0. The first-order valence-corrected chi connectivity index (χ1v) is 8.94. The van der Waals surface area contributed by atoms with Crippen LogP contribution in [-0.2, 0) is 19.8 Å². The van der Waals surface area contributed by atoms with Gasteiger partial charge >= 0.3 is 6.09 Å². The number of amides is 1. The highest BCUT2D eigenvalue weighted by Gasteiger charge is 2.50. The lowest BCUT2D eigenvalue weighted by molar-refractivity contribution is -0.203. The number of fused-ring (bicyclic) bond motifs is 2. The molecular formula is C19H23N3O4. The molecule has 0 bridgehead atoms. The molecule has 4 rings (SSSR count). The average molecular weight is 357 g/mol. The van der Waals surface area contributed by atoms with E-state index < -0.39 is 11.9 Å². The molecule has 3 heterocycles. The van der Waals surface area contributed by atoms with E-state index in [1.54, 1.807) is 12.0 Å². The second kappa shape index (κ2) is 6.74. The molecule has 1 spiro atoms. The number of benzene rings is 1. The summed E-state index contributed by atoms with van der Waals surface area (Å²) in [6, 6.07) is 9.95. The van der Waals surface area contributed by atoms with Crippen LogP contribution < -0.4 is 0 Å². The number of likely N-dealkylation sites (tertiary alicyclic amines) is 1. The smallest absolute Gasteiger partial charge is 0.409 e. The molecule has 138 valence electrons. The zero-order valence-electron chi connectivity index (χ0n) is 15.1. The number of methoxy groups -OCH3 is 1. The van der Waals surface area contributed by atoms with Crippen LogP contribution in [0.1, 0.15) is 37.3 Å². The van der Waals surface area contributed by atoms with Gasteiger partial charge in [-0.25, -0.2) is 9.48 Å². The van der Waals surface area contributed by atoms with Crippen molar-refractivity contribution in [3.63, 3.8) is 0 Å². The number of ether oxygens (including phenoxy) is 3. The topological polar surface area (TPSA) is 65.8 Å². The van der Waals surface area contributed by atoms with Gasteiger partial charge in [-0.15, -0.1) is 0 Å². The van der Waals surface area contributed by atoms with E-state index in [-0.39, 0.29) is 6.09 Å². The van der Waals surface area contributed by atoms with Gasteiger partial charge in [-0.3, -0.25) is 0 Å². The van der Waals surface area contributed by atoms with E-state index in [0.717, 1.165) is 16.9 Å². The Morgan fingerprint density at radius 3 is 2.69 bits per heavy atom. The van der Waals surface area contributed by atoms with Crippen molar-refractivity contribution in [1.29, 1.82) is 0 Å². The minimum Gasteiger partial charge on any atom is -0.450 e. The number of nitrogens with zero attached hydrogens (tertiary/aromatic N) is 3. The highest BCUT2D eigenvalue weighted by atomic mass is 16.7. The molecule has 2 aliphatic heterocycles. The summed E-state index contributed by atoms with van der Waals surface area (Å²) in [5.41, 5.74) is 2.49. The molecule has 1 aromatic heterocycles. The van der Waals surface area contributed by atoms with E-state index in [1.807, 2.05) is 48.1 Å². The molecule has 7 heteroatoms. The summed E-state index contributed by atoms with van der Waals surface area (Å²) in [5, 5.41) is 4.59. The van der Waals surface area contributed by atoms with Crippen molar-refractivity contribution in [2.24, 2.45) is 0 Å². The van der Waals surface area contributed by atoms with Gasteiger partial charge in [0, 0.05) is 25.8 Å². The Labute approximate surface area is 152 Å². The lowest BCUT2D eigenvalue weighted by Gasteiger charge is -2.38. The minimum atomic E-state index is -0.471. The molecule has 1 amide bonds. The number of para-hydroxylation sites is 1. The van der Waals surface area contributed by atoms with E-state index in [9.17, 15) is 4.79 Å². The summed E-state index contributed by atoms with van der Waals surface area (Å²) in [7, 11) is 1.64. The Kier molecular flexibility index (Phi) is 4.42. The van der Waals surface area contributed by atoms with Crippen molar-refractivity contribution < 1.29 is 19.0 Å². The Morgan fingerprint density at radius 1 is 1.31 bits per heavy atom. The van der Waals surface area contributed by atoms with Gasteiger partial charge in [0.2, 0.25) is 6.29 Å². The van der Waals surface area contributed by atoms with Gasteiger partial charge < -0.3 is 19.1 Å². The van der Waals surface area contributed by atoms with E-state index in [1.165, 1.54) is 0 Å². The van der Waals surface area contributed by atoms with Crippen LogP contribution in [0.5, 0.6) is 0 Å². The predicted molar refractivity (Wildman–Crippen MR) is 93.9 cm³/mol. The minimum absolute atomic E-state index is 0.260. The van der Waals surface area contributed by atoms with Crippen LogP contribution in [0.15, 0.2) is 36.5 Å². The fourth-order valence-corrected chi connectivity index (χ4v) is 3.85. The van der Waals surface area contributed by atoms with E-state index in [4.69, 9.17) is 14.2 Å². The summed E-state index contributed by atoms with van der Waals surface area (Å²) in [5.74, 6) is 0. The van der Waals surface area contributed by atoms with Gasteiger partial charge in [-0.2, -0.15) is 5.10 Å². The lowest BCUT2D eigenvalue weighted by Crippen LogP contribution is -2.45. The largest absolute Gasteiger partial charge is 0.450 e. The lowest BCUT2D eigenvalue weighted by atomic mass is 9.86. The van der Waals surface area contributed by atoms with Crippen LogP contribution in [0.2, 0.25) is 0 Å². The number of carbonyl (C=O) groups excluding carboxylic acids is 1. The Hall–Kier alpha value is -2.38. The molecule has 1 saturated heterocycles. The first kappa shape index (κ1) is 17.1. The fourth-order valence-electron chi connectivity index (χ4n) is 3.85. The van der Waals surface area contributed by atoms with E-state index in [2.05, 4.69) is 5.10 Å². The molecular weight excluding hydrogens is 334 g/mol. The summed E-state index contributed by atoms with van der Waals surface area (Å²) in [6.45, 7) is 3.38. The average Bonchev–Trinajstić information content (AvgIpc) is 3.24. The standard InChI is InChI=1S/C19H23N3O4/c1-3-25-18(23)21-11-9-19(10-12-21)15-13-20-22(14-7-5-4-6-8-14)16(15)17(24-2)26-19/h4-8,13,17H,3,9-12H2,1-2H3. The van der Waals surface area contributed by atoms with Crippen LogP contribution in [0.25, 0.3) is 5.69 Å². The second-order valence-corrected chi connectivity index (χ2v) is 6.56.